The van der Waals surface area contributed by atoms with Crippen LogP contribution in [0.25, 0.3) is 0 Å². The molecule has 0 aromatic rings. The topological polar surface area (TPSA) is 171 Å². The van der Waals surface area contributed by atoms with Crippen molar-refractivity contribution in [2.45, 2.75) is 128 Å². The number of rotatable bonds is 12. The maximum Gasteiger partial charge on any atom is 0.315 e. The zero-order chi connectivity index (χ0) is 34.9. The molecule has 1 unspecified atom stereocenters. The van der Waals surface area contributed by atoms with Crippen LogP contribution in [0, 0.1) is 22.7 Å². The standard InChI is InChI=1S/C34H55N5O7S/c1-8-14-22(26(40)29(42)35-18-9-2)36-28(41)25-24-21(33(24,6)7)20-39(25)30(43)27(32(3,4)5)37-31(44)38-34(16-11-10-12-17-34)23-15-13-19-47(23,45)46/h9,21-25,27H,2,8,10-20H2,1,3-7H3,(H,35,42)(H,36,41)(H2,37,38,44)/t21?,22-,23-,24-,25-,27+/m0/s1. The fourth-order valence-electron chi connectivity index (χ4n) is 8.37. The number of fused-ring (bicyclic) bond motifs is 1. The molecule has 47 heavy (non-hydrogen) atoms. The van der Waals surface area contributed by atoms with Crippen LogP contribution < -0.4 is 21.3 Å². The van der Waals surface area contributed by atoms with E-state index >= 15 is 0 Å². The van der Waals surface area contributed by atoms with Gasteiger partial charge in [-0.25, -0.2) is 13.2 Å². The van der Waals surface area contributed by atoms with Crippen molar-refractivity contribution in [3.8, 4) is 0 Å². The van der Waals surface area contributed by atoms with Gasteiger partial charge in [0, 0.05) is 13.1 Å². The van der Waals surface area contributed by atoms with Crippen molar-refractivity contribution in [2.24, 2.45) is 22.7 Å². The molecular formula is C34H55N5O7S. The van der Waals surface area contributed by atoms with Gasteiger partial charge in [0.2, 0.25) is 17.6 Å². The maximum atomic E-state index is 14.4. The fourth-order valence-corrected chi connectivity index (χ4v) is 10.7. The Morgan fingerprint density at radius 3 is 2.23 bits per heavy atom. The molecule has 0 radical (unpaired) electrons. The first kappa shape index (κ1) is 36.9. The van der Waals surface area contributed by atoms with E-state index in [2.05, 4.69) is 41.7 Å². The second-order valence-electron chi connectivity index (χ2n) is 15.7. The maximum absolute atomic E-state index is 14.4. The summed E-state index contributed by atoms with van der Waals surface area (Å²) in [6.45, 7) is 15.4. The largest absolute Gasteiger partial charge is 0.346 e. The molecular weight excluding hydrogens is 622 g/mol. The molecule has 2 aliphatic carbocycles. The van der Waals surface area contributed by atoms with Gasteiger partial charge in [-0.3, -0.25) is 19.2 Å². The lowest BCUT2D eigenvalue weighted by atomic mass is 9.78. The Balaban J connectivity index is 1.55. The van der Waals surface area contributed by atoms with Crippen LogP contribution in [0.15, 0.2) is 12.7 Å². The van der Waals surface area contributed by atoms with Gasteiger partial charge in [0.1, 0.15) is 12.1 Å². The van der Waals surface area contributed by atoms with E-state index in [1.807, 2.05) is 27.7 Å². The summed E-state index contributed by atoms with van der Waals surface area (Å²) < 4.78 is 26.0. The second-order valence-corrected chi connectivity index (χ2v) is 18.0. The number of carbonyl (C=O) groups is 5. The number of sulfone groups is 1. The van der Waals surface area contributed by atoms with E-state index in [0.717, 1.165) is 19.3 Å². The van der Waals surface area contributed by atoms with Crippen LogP contribution in [0.5, 0.6) is 0 Å². The summed E-state index contributed by atoms with van der Waals surface area (Å²) in [6.07, 6.45) is 7.07. The van der Waals surface area contributed by atoms with Gasteiger partial charge in [0.25, 0.3) is 5.91 Å². The number of hydrogen-bond donors (Lipinski definition) is 4. The zero-order valence-corrected chi connectivity index (χ0v) is 29.8. The van der Waals surface area contributed by atoms with Gasteiger partial charge in [-0.1, -0.05) is 73.3 Å². The van der Waals surface area contributed by atoms with Crippen LogP contribution in [0.4, 0.5) is 4.79 Å². The summed E-state index contributed by atoms with van der Waals surface area (Å²) in [6, 6.07) is -3.53. The highest BCUT2D eigenvalue weighted by molar-refractivity contribution is 7.92. The number of carbonyl (C=O) groups excluding carboxylic acids is 5. The molecule has 2 saturated heterocycles. The van der Waals surface area contributed by atoms with Crippen molar-refractivity contribution in [1.82, 2.24) is 26.2 Å². The number of urea groups is 1. The van der Waals surface area contributed by atoms with Crippen molar-refractivity contribution in [2.75, 3.05) is 18.8 Å². The Bertz CT molecular complexity index is 1360. The Labute approximate surface area is 279 Å². The highest BCUT2D eigenvalue weighted by Crippen LogP contribution is 2.65. The second kappa shape index (κ2) is 13.9. The van der Waals surface area contributed by atoms with E-state index in [0.29, 0.717) is 38.6 Å². The lowest BCUT2D eigenvalue weighted by molar-refractivity contribution is -0.145. The van der Waals surface area contributed by atoms with Crippen LogP contribution in [-0.2, 0) is 29.0 Å². The third kappa shape index (κ3) is 7.54. The molecule has 6 atom stereocenters. The highest BCUT2D eigenvalue weighted by Gasteiger charge is 2.70. The van der Waals surface area contributed by atoms with E-state index < -0.39 is 73.7 Å². The van der Waals surface area contributed by atoms with Crippen LogP contribution in [0.2, 0.25) is 0 Å². The first-order chi connectivity index (χ1) is 21.9. The van der Waals surface area contributed by atoms with Gasteiger partial charge < -0.3 is 26.2 Å². The SMILES string of the molecule is C=CCNC(=O)C(=O)[C@H](CCC)NC(=O)[C@@H]1[C@@H]2C(CN1C(=O)[C@@H](NC(=O)NC1([C@@H]3CCCS3(=O)=O)CCCCC1)C(C)(C)C)C2(C)C. The average molecular weight is 678 g/mol. The van der Waals surface area contributed by atoms with Crippen LogP contribution in [0.3, 0.4) is 0 Å². The number of likely N-dealkylation sites (tertiary alicyclic amines) is 1. The van der Waals surface area contributed by atoms with Gasteiger partial charge in [-0.05, 0) is 54.8 Å². The van der Waals surface area contributed by atoms with Crippen molar-refractivity contribution < 1.29 is 32.4 Å². The summed E-state index contributed by atoms with van der Waals surface area (Å²) in [4.78, 5) is 69.0. The van der Waals surface area contributed by atoms with Crippen molar-refractivity contribution >= 4 is 39.4 Å². The average Bonchev–Trinajstić information content (AvgIpc) is 3.30. The van der Waals surface area contributed by atoms with Gasteiger partial charge in [-0.15, -0.1) is 6.58 Å². The molecule has 4 fully saturated rings. The predicted molar refractivity (Wildman–Crippen MR) is 179 cm³/mol. The van der Waals surface area contributed by atoms with Crippen LogP contribution in [-0.4, -0.2) is 90.6 Å². The molecule has 4 aliphatic rings. The van der Waals surface area contributed by atoms with E-state index in [1.165, 1.54) is 11.0 Å². The summed E-state index contributed by atoms with van der Waals surface area (Å²) in [7, 11) is -3.35. The minimum Gasteiger partial charge on any atom is -0.346 e. The first-order valence-corrected chi connectivity index (χ1v) is 19.0. The monoisotopic (exact) mass is 677 g/mol. The molecule has 2 heterocycles. The number of ketones is 1. The molecule has 12 nitrogen and oxygen atoms in total. The van der Waals surface area contributed by atoms with E-state index in [-0.39, 0.29) is 36.0 Å². The normalized spacial score (nSPS) is 28.3. The quantitative estimate of drug-likeness (QED) is 0.182. The molecule has 13 heteroatoms. The molecule has 2 aliphatic heterocycles. The van der Waals surface area contributed by atoms with Gasteiger partial charge in [0.05, 0.1) is 22.6 Å². The van der Waals surface area contributed by atoms with Gasteiger partial charge >= 0.3 is 6.03 Å². The molecule has 4 rings (SSSR count). The molecule has 0 aromatic carbocycles. The Kier molecular flexibility index (Phi) is 10.9. The van der Waals surface area contributed by atoms with E-state index in [4.69, 9.17) is 0 Å². The fraction of sp³-hybridized carbons (Fsp3) is 0.794. The minimum absolute atomic E-state index is 0.0611. The molecule has 264 valence electrons. The summed E-state index contributed by atoms with van der Waals surface area (Å²) in [5.74, 6) is -2.44. The predicted octanol–water partition coefficient (Wildman–Crippen LogP) is 2.62. The number of nitrogens with one attached hydrogen (secondary N) is 4. The van der Waals surface area contributed by atoms with Crippen LogP contribution in [0.1, 0.15) is 99.3 Å². The molecule has 4 N–H and O–H groups in total. The summed E-state index contributed by atoms with van der Waals surface area (Å²) in [5.41, 5.74) is -1.84. The number of amides is 5. The molecule has 2 saturated carbocycles. The van der Waals surface area contributed by atoms with Crippen LogP contribution >= 0.6 is 0 Å². The van der Waals surface area contributed by atoms with Crippen molar-refractivity contribution in [3.63, 3.8) is 0 Å². The summed E-state index contributed by atoms with van der Waals surface area (Å²) in [5, 5.41) is 10.6. The van der Waals surface area contributed by atoms with Gasteiger partial charge in [-0.2, -0.15) is 0 Å². The zero-order valence-electron chi connectivity index (χ0n) is 28.9. The summed E-state index contributed by atoms with van der Waals surface area (Å²) >= 11 is 0. The number of piperidine rings is 1. The third-order valence-corrected chi connectivity index (χ3v) is 13.5. The van der Waals surface area contributed by atoms with Gasteiger partial charge in [0.15, 0.2) is 9.84 Å². The highest BCUT2D eigenvalue weighted by atomic mass is 32.2. The lowest BCUT2D eigenvalue weighted by Crippen LogP contribution is -2.65. The third-order valence-electron chi connectivity index (χ3n) is 11.0. The lowest BCUT2D eigenvalue weighted by Gasteiger charge is -2.43. The Morgan fingerprint density at radius 1 is 1.02 bits per heavy atom. The van der Waals surface area contributed by atoms with Crippen molar-refractivity contribution in [3.05, 3.63) is 12.7 Å². The first-order valence-electron chi connectivity index (χ1n) is 17.3. The Morgan fingerprint density at radius 2 is 1.68 bits per heavy atom. The Hall–Kier alpha value is -2.96. The molecule has 0 bridgehead atoms. The van der Waals surface area contributed by atoms with E-state index in [9.17, 15) is 32.4 Å². The van der Waals surface area contributed by atoms with E-state index in [1.54, 1.807) is 0 Å². The minimum atomic E-state index is -3.35. The smallest absolute Gasteiger partial charge is 0.315 e. The molecule has 0 spiro atoms. The number of nitrogens with zero attached hydrogens (tertiary/aromatic N) is 1. The number of hydrogen-bond acceptors (Lipinski definition) is 7. The molecule has 0 aromatic heterocycles. The molecule has 5 amide bonds. The van der Waals surface area contributed by atoms with Crippen molar-refractivity contribution in [1.29, 1.82) is 0 Å². The number of Topliss-reactive ketones (excluding diaryl/α,β-unsaturated/α-hetero) is 1.